The van der Waals surface area contributed by atoms with Crippen molar-refractivity contribution in [1.29, 1.82) is 5.26 Å². The molecule has 1 aliphatic rings. The summed E-state index contributed by atoms with van der Waals surface area (Å²) < 4.78 is 0. The van der Waals surface area contributed by atoms with E-state index in [9.17, 15) is 4.79 Å². The number of hydrogen-bond donors (Lipinski definition) is 1. The van der Waals surface area contributed by atoms with Crippen molar-refractivity contribution in [2.45, 2.75) is 51.5 Å². The Balaban J connectivity index is 2.66. The summed E-state index contributed by atoms with van der Waals surface area (Å²) in [5.74, 6) is -0.535. The number of rotatable bonds is 5. The largest absolute Gasteiger partial charge is 0.396 e. The molecule has 1 amide bonds. The van der Waals surface area contributed by atoms with Gasteiger partial charge in [0, 0.05) is 19.2 Å². The molecule has 1 rings (SSSR count). The molecule has 1 saturated heterocycles. The molecule has 0 aromatic heterocycles. The normalized spacial score (nSPS) is 21.9. The predicted molar refractivity (Wildman–Crippen MR) is 65.1 cm³/mol. The van der Waals surface area contributed by atoms with Crippen LogP contribution in [0.3, 0.4) is 0 Å². The molecule has 96 valence electrons. The van der Waals surface area contributed by atoms with Crippen LogP contribution < -0.4 is 0 Å². The van der Waals surface area contributed by atoms with Gasteiger partial charge in [0.2, 0.25) is 5.91 Å². The van der Waals surface area contributed by atoms with E-state index in [-0.39, 0.29) is 18.6 Å². The topological polar surface area (TPSA) is 64.3 Å². The fourth-order valence-electron chi connectivity index (χ4n) is 2.47. The number of nitriles is 1. The lowest BCUT2D eigenvalue weighted by Gasteiger charge is -2.36. The Morgan fingerprint density at radius 1 is 1.59 bits per heavy atom. The third kappa shape index (κ3) is 3.71. The second kappa shape index (κ2) is 7.29. The molecule has 0 aromatic carbocycles. The number of carbonyl (C=O) groups excluding carboxylic acids is 1. The van der Waals surface area contributed by atoms with Crippen LogP contribution in [0.4, 0.5) is 0 Å². The van der Waals surface area contributed by atoms with Gasteiger partial charge in [-0.15, -0.1) is 0 Å². The van der Waals surface area contributed by atoms with Gasteiger partial charge in [-0.05, 0) is 32.1 Å². The Bertz CT molecular complexity index is 284. The number of aliphatic hydroxyl groups is 1. The molecular weight excluding hydrogens is 216 g/mol. The van der Waals surface area contributed by atoms with Crippen molar-refractivity contribution in [2.75, 3.05) is 13.2 Å². The van der Waals surface area contributed by atoms with Gasteiger partial charge in [-0.25, -0.2) is 0 Å². The van der Waals surface area contributed by atoms with E-state index in [1.54, 1.807) is 0 Å². The van der Waals surface area contributed by atoms with Crippen LogP contribution in [0.2, 0.25) is 0 Å². The van der Waals surface area contributed by atoms with Crippen molar-refractivity contribution in [2.24, 2.45) is 5.92 Å². The highest BCUT2D eigenvalue weighted by molar-refractivity contribution is 5.81. The van der Waals surface area contributed by atoms with E-state index >= 15 is 0 Å². The lowest BCUT2D eigenvalue weighted by atomic mass is 9.96. The monoisotopic (exact) mass is 238 g/mol. The highest BCUT2D eigenvalue weighted by Gasteiger charge is 2.30. The third-order valence-electron chi connectivity index (χ3n) is 3.40. The van der Waals surface area contributed by atoms with Gasteiger partial charge in [-0.3, -0.25) is 4.79 Å². The molecule has 4 heteroatoms. The number of amides is 1. The molecule has 0 saturated carbocycles. The molecule has 1 N–H and O–H groups in total. The van der Waals surface area contributed by atoms with E-state index in [0.717, 1.165) is 32.2 Å². The molecule has 2 atom stereocenters. The third-order valence-corrected chi connectivity index (χ3v) is 3.40. The first-order valence-electron chi connectivity index (χ1n) is 6.55. The van der Waals surface area contributed by atoms with E-state index < -0.39 is 5.92 Å². The number of carbonyl (C=O) groups is 1. The maximum atomic E-state index is 12.2. The first-order chi connectivity index (χ1) is 8.24. The van der Waals surface area contributed by atoms with Gasteiger partial charge >= 0.3 is 0 Å². The van der Waals surface area contributed by atoms with E-state index in [1.165, 1.54) is 0 Å². The standard InChI is InChI=1S/C13H22N2O2/c1-2-5-11(10-14)13(17)15-8-4-3-6-12(15)7-9-16/h11-12,16H,2-9H2,1H3. The van der Waals surface area contributed by atoms with Gasteiger partial charge in [-0.1, -0.05) is 13.3 Å². The summed E-state index contributed by atoms with van der Waals surface area (Å²) in [6.45, 7) is 2.84. The maximum Gasteiger partial charge on any atom is 0.240 e. The zero-order chi connectivity index (χ0) is 12.7. The molecule has 1 aliphatic heterocycles. The molecule has 4 nitrogen and oxygen atoms in total. The molecule has 0 bridgehead atoms. The Hall–Kier alpha value is -1.08. The maximum absolute atomic E-state index is 12.2. The minimum atomic E-state index is -0.501. The summed E-state index contributed by atoms with van der Waals surface area (Å²) in [7, 11) is 0. The first-order valence-corrected chi connectivity index (χ1v) is 6.55. The smallest absolute Gasteiger partial charge is 0.240 e. The van der Waals surface area contributed by atoms with Crippen LogP contribution in [0.5, 0.6) is 0 Å². The van der Waals surface area contributed by atoms with Crippen molar-refractivity contribution in [3.05, 3.63) is 0 Å². The lowest BCUT2D eigenvalue weighted by molar-refractivity contribution is -0.138. The van der Waals surface area contributed by atoms with E-state index in [4.69, 9.17) is 10.4 Å². The molecule has 0 spiro atoms. The van der Waals surface area contributed by atoms with Gasteiger partial charge in [0.1, 0.15) is 5.92 Å². The van der Waals surface area contributed by atoms with Crippen molar-refractivity contribution in [3.63, 3.8) is 0 Å². The van der Waals surface area contributed by atoms with E-state index in [0.29, 0.717) is 12.8 Å². The molecule has 0 aliphatic carbocycles. The van der Waals surface area contributed by atoms with Crippen molar-refractivity contribution >= 4 is 5.91 Å². The number of likely N-dealkylation sites (tertiary alicyclic amines) is 1. The highest BCUT2D eigenvalue weighted by Crippen LogP contribution is 2.22. The summed E-state index contributed by atoms with van der Waals surface area (Å²) in [6, 6.07) is 2.24. The average molecular weight is 238 g/mol. The summed E-state index contributed by atoms with van der Waals surface area (Å²) in [5.41, 5.74) is 0. The summed E-state index contributed by atoms with van der Waals surface area (Å²) in [5, 5.41) is 18.0. The van der Waals surface area contributed by atoms with Gasteiger partial charge in [-0.2, -0.15) is 5.26 Å². The fourth-order valence-corrected chi connectivity index (χ4v) is 2.47. The zero-order valence-corrected chi connectivity index (χ0v) is 10.6. The van der Waals surface area contributed by atoms with Crippen LogP contribution in [0.15, 0.2) is 0 Å². The van der Waals surface area contributed by atoms with Gasteiger partial charge in [0.25, 0.3) is 0 Å². The summed E-state index contributed by atoms with van der Waals surface area (Å²) in [4.78, 5) is 14.0. The first kappa shape index (κ1) is 14.0. The van der Waals surface area contributed by atoms with Crippen LogP contribution in [0.25, 0.3) is 0 Å². The van der Waals surface area contributed by atoms with Crippen LogP contribution in [-0.2, 0) is 4.79 Å². The van der Waals surface area contributed by atoms with Gasteiger partial charge < -0.3 is 10.0 Å². The molecular formula is C13H22N2O2. The summed E-state index contributed by atoms with van der Waals surface area (Å²) >= 11 is 0. The van der Waals surface area contributed by atoms with Crippen LogP contribution >= 0.6 is 0 Å². The second-order valence-electron chi connectivity index (χ2n) is 4.66. The average Bonchev–Trinajstić information content (AvgIpc) is 2.36. The van der Waals surface area contributed by atoms with Crippen molar-refractivity contribution < 1.29 is 9.90 Å². The summed E-state index contributed by atoms with van der Waals surface area (Å²) in [6.07, 6.45) is 5.20. The predicted octanol–water partition coefficient (Wildman–Crippen LogP) is 1.69. The Kier molecular flexibility index (Phi) is 5.99. The minimum absolute atomic E-state index is 0.0347. The molecule has 2 unspecified atom stereocenters. The zero-order valence-electron chi connectivity index (χ0n) is 10.6. The van der Waals surface area contributed by atoms with Gasteiger partial charge in [0.05, 0.1) is 6.07 Å². The fraction of sp³-hybridized carbons (Fsp3) is 0.846. The van der Waals surface area contributed by atoms with Crippen molar-refractivity contribution in [1.82, 2.24) is 4.90 Å². The minimum Gasteiger partial charge on any atom is -0.396 e. The quantitative estimate of drug-likeness (QED) is 0.792. The lowest BCUT2D eigenvalue weighted by Crippen LogP contribution is -2.46. The Morgan fingerprint density at radius 2 is 2.35 bits per heavy atom. The molecule has 1 fully saturated rings. The van der Waals surface area contributed by atoms with E-state index in [1.807, 2.05) is 11.8 Å². The number of nitrogens with zero attached hydrogens (tertiary/aromatic N) is 2. The SMILES string of the molecule is CCCC(C#N)C(=O)N1CCCCC1CCO. The van der Waals surface area contributed by atoms with Gasteiger partial charge in [0.15, 0.2) is 0 Å². The molecule has 1 heterocycles. The Morgan fingerprint density at radius 3 is 2.94 bits per heavy atom. The number of hydrogen-bond acceptors (Lipinski definition) is 3. The highest BCUT2D eigenvalue weighted by atomic mass is 16.3. The van der Waals surface area contributed by atoms with E-state index in [2.05, 4.69) is 6.07 Å². The van der Waals surface area contributed by atoms with Crippen molar-refractivity contribution in [3.8, 4) is 6.07 Å². The Labute approximate surface area is 103 Å². The second-order valence-corrected chi connectivity index (χ2v) is 4.66. The number of piperidine rings is 1. The molecule has 17 heavy (non-hydrogen) atoms. The van der Waals surface area contributed by atoms with Crippen LogP contribution in [0, 0.1) is 17.2 Å². The number of aliphatic hydroxyl groups excluding tert-OH is 1. The molecule has 0 aromatic rings. The molecule has 0 radical (unpaired) electrons. The van der Waals surface area contributed by atoms with Crippen LogP contribution in [-0.4, -0.2) is 35.1 Å². The van der Waals surface area contributed by atoms with Crippen LogP contribution in [0.1, 0.15) is 45.4 Å².